The molecule has 4 rings (SSSR count). The predicted octanol–water partition coefficient (Wildman–Crippen LogP) is 2.00. The molecular weight excluding hydrogens is 346 g/mol. The van der Waals surface area contributed by atoms with Gasteiger partial charge in [-0.1, -0.05) is 0 Å². The Kier molecular flexibility index (Phi) is 5.15. The lowest BCUT2D eigenvalue weighted by Crippen LogP contribution is -2.30. The molecule has 2 aromatic rings. The molecule has 6 nitrogen and oxygen atoms in total. The smallest absolute Gasteiger partial charge is 0.222 e. The third-order valence-electron chi connectivity index (χ3n) is 5.07. The largest absolute Gasteiger partial charge is 0.381 e. The maximum absolute atomic E-state index is 6.03. The average Bonchev–Trinajstić information content (AvgIpc) is 3.18. The van der Waals surface area contributed by atoms with Crippen LogP contribution in [0.25, 0.3) is 10.2 Å². The lowest BCUT2D eigenvalue weighted by atomic mass is 9.95. The molecule has 0 aromatic carbocycles. The SMILES string of the molecule is CN[C@@H]1CCN(c2nc(N)nc3c4c(sc23)CCC(OC)C4)C1.Cl. The highest BCUT2D eigenvalue weighted by molar-refractivity contribution is 7.19. The van der Waals surface area contributed by atoms with Crippen molar-refractivity contribution in [2.24, 2.45) is 0 Å². The minimum Gasteiger partial charge on any atom is -0.381 e. The number of nitrogens with two attached hydrogens (primary N) is 1. The summed E-state index contributed by atoms with van der Waals surface area (Å²) in [5.41, 5.74) is 8.39. The second-order valence-electron chi connectivity index (χ2n) is 6.41. The van der Waals surface area contributed by atoms with Gasteiger partial charge in [0, 0.05) is 37.5 Å². The highest BCUT2D eigenvalue weighted by atomic mass is 35.5. The van der Waals surface area contributed by atoms with E-state index in [9.17, 15) is 0 Å². The topological polar surface area (TPSA) is 76.3 Å². The number of ether oxygens (including phenoxy) is 1. The molecule has 2 atom stereocenters. The van der Waals surface area contributed by atoms with Crippen molar-refractivity contribution in [3.8, 4) is 0 Å². The Labute approximate surface area is 152 Å². The summed E-state index contributed by atoms with van der Waals surface area (Å²) >= 11 is 1.85. The first-order chi connectivity index (χ1) is 11.2. The van der Waals surface area contributed by atoms with Crippen LogP contribution in [0.4, 0.5) is 11.8 Å². The summed E-state index contributed by atoms with van der Waals surface area (Å²) in [4.78, 5) is 12.9. The zero-order valence-corrected chi connectivity index (χ0v) is 15.7. The van der Waals surface area contributed by atoms with Crippen LogP contribution >= 0.6 is 23.7 Å². The van der Waals surface area contributed by atoms with Crippen molar-refractivity contribution >= 4 is 45.7 Å². The quantitative estimate of drug-likeness (QED) is 0.861. The normalized spacial score (nSPS) is 23.3. The molecule has 1 saturated heterocycles. The van der Waals surface area contributed by atoms with Crippen LogP contribution in [0.2, 0.25) is 0 Å². The number of hydrogen-bond donors (Lipinski definition) is 2. The van der Waals surface area contributed by atoms with Crippen LogP contribution < -0.4 is 16.0 Å². The van der Waals surface area contributed by atoms with Gasteiger partial charge in [-0.05, 0) is 31.9 Å². The summed E-state index contributed by atoms with van der Waals surface area (Å²) in [6, 6.07) is 0.522. The van der Waals surface area contributed by atoms with E-state index in [4.69, 9.17) is 10.5 Å². The second-order valence-corrected chi connectivity index (χ2v) is 7.51. The molecule has 1 unspecified atom stereocenters. The fourth-order valence-corrected chi connectivity index (χ4v) is 5.01. The Morgan fingerprint density at radius 3 is 2.88 bits per heavy atom. The second kappa shape index (κ2) is 7.00. The van der Waals surface area contributed by atoms with E-state index in [1.807, 2.05) is 18.4 Å². The molecule has 1 fully saturated rings. The summed E-state index contributed by atoms with van der Waals surface area (Å²) in [5.74, 6) is 1.39. The maximum atomic E-state index is 6.03. The van der Waals surface area contributed by atoms with E-state index in [2.05, 4.69) is 20.2 Å². The van der Waals surface area contributed by atoms with Crippen LogP contribution in [-0.4, -0.2) is 49.4 Å². The number of anilines is 2. The zero-order chi connectivity index (χ0) is 16.0. The van der Waals surface area contributed by atoms with E-state index >= 15 is 0 Å². The summed E-state index contributed by atoms with van der Waals surface area (Å²) in [7, 11) is 3.81. The van der Waals surface area contributed by atoms with Gasteiger partial charge in [-0.25, -0.2) is 4.98 Å². The summed E-state index contributed by atoms with van der Waals surface area (Å²) in [6.45, 7) is 1.99. The van der Waals surface area contributed by atoms with Crippen LogP contribution in [0.15, 0.2) is 0 Å². The first-order valence-corrected chi connectivity index (χ1v) is 9.04. The summed E-state index contributed by atoms with van der Waals surface area (Å²) in [6.07, 6.45) is 4.51. The number of aromatic nitrogens is 2. The van der Waals surface area contributed by atoms with Crippen molar-refractivity contribution < 1.29 is 4.74 Å². The minimum atomic E-state index is 0. The number of aryl methyl sites for hydroxylation is 1. The molecule has 1 aliphatic heterocycles. The van der Waals surface area contributed by atoms with Crippen LogP contribution in [0.1, 0.15) is 23.3 Å². The molecule has 8 heteroatoms. The number of nitrogen functional groups attached to an aromatic ring is 1. The number of nitrogens with zero attached hydrogens (tertiary/aromatic N) is 3. The number of methoxy groups -OCH3 is 1. The molecular formula is C16H24ClN5OS. The monoisotopic (exact) mass is 369 g/mol. The van der Waals surface area contributed by atoms with Gasteiger partial charge in [-0.3, -0.25) is 0 Å². The molecule has 2 aromatic heterocycles. The molecule has 0 saturated carbocycles. The van der Waals surface area contributed by atoms with E-state index in [-0.39, 0.29) is 12.4 Å². The third kappa shape index (κ3) is 2.94. The van der Waals surface area contributed by atoms with E-state index in [1.165, 1.54) is 15.1 Å². The molecule has 2 aliphatic rings. The van der Waals surface area contributed by atoms with Crippen LogP contribution in [0, 0.1) is 0 Å². The highest BCUT2D eigenvalue weighted by Crippen LogP contribution is 2.40. The standard InChI is InChI=1S/C16H23N5OS.ClH/c1-18-9-5-6-21(8-9)15-14-13(19-16(17)20-15)11-7-10(22-2)3-4-12(11)23-14;/h9-10,18H,3-8H2,1-2H3,(H2,17,19,20);1H/t9-,10?;/m1./s1. The van der Waals surface area contributed by atoms with Gasteiger partial charge in [-0.2, -0.15) is 4.98 Å². The van der Waals surface area contributed by atoms with Crippen molar-refractivity contribution in [3.05, 3.63) is 10.4 Å². The number of rotatable bonds is 3. The van der Waals surface area contributed by atoms with E-state index in [0.29, 0.717) is 18.1 Å². The number of likely N-dealkylation sites (N-methyl/N-ethyl adjacent to an activating group) is 1. The van der Waals surface area contributed by atoms with Gasteiger partial charge in [0.05, 0.1) is 16.3 Å². The van der Waals surface area contributed by atoms with Crippen LogP contribution in [0.5, 0.6) is 0 Å². The molecule has 0 spiro atoms. The lowest BCUT2D eigenvalue weighted by molar-refractivity contribution is 0.0919. The number of thiophene rings is 1. The van der Waals surface area contributed by atoms with Gasteiger partial charge in [0.15, 0.2) is 5.82 Å². The van der Waals surface area contributed by atoms with Crippen molar-refractivity contribution in [1.82, 2.24) is 15.3 Å². The van der Waals surface area contributed by atoms with Crippen molar-refractivity contribution in [2.75, 3.05) is 37.9 Å². The molecule has 3 heterocycles. The number of halogens is 1. The highest BCUT2D eigenvalue weighted by Gasteiger charge is 2.29. The van der Waals surface area contributed by atoms with Gasteiger partial charge in [0.25, 0.3) is 0 Å². The third-order valence-corrected chi connectivity index (χ3v) is 6.34. The van der Waals surface area contributed by atoms with Gasteiger partial charge in [0.1, 0.15) is 0 Å². The number of fused-ring (bicyclic) bond motifs is 3. The zero-order valence-electron chi connectivity index (χ0n) is 14.0. The molecule has 132 valence electrons. The number of nitrogens with one attached hydrogen (secondary N) is 1. The molecule has 0 amide bonds. The van der Waals surface area contributed by atoms with Crippen molar-refractivity contribution in [1.29, 1.82) is 0 Å². The maximum Gasteiger partial charge on any atom is 0.222 e. The first-order valence-electron chi connectivity index (χ1n) is 8.22. The fraction of sp³-hybridized carbons (Fsp3) is 0.625. The van der Waals surface area contributed by atoms with Gasteiger partial charge in [0.2, 0.25) is 5.95 Å². The summed E-state index contributed by atoms with van der Waals surface area (Å²) in [5, 5.41) is 3.36. The predicted molar refractivity (Wildman–Crippen MR) is 102 cm³/mol. The van der Waals surface area contributed by atoms with Crippen molar-refractivity contribution in [3.63, 3.8) is 0 Å². The van der Waals surface area contributed by atoms with Gasteiger partial charge >= 0.3 is 0 Å². The van der Waals surface area contributed by atoms with Crippen LogP contribution in [0.3, 0.4) is 0 Å². The van der Waals surface area contributed by atoms with Gasteiger partial charge in [-0.15, -0.1) is 23.7 Å². The van der Waals surface area contributed by atoms with E-state index in [1.54, 1.807) is 7.11 Å². The van der Waals surface area contributed by atoms with Crippen molar-refractivity contribution in [2.45, 2.75) is 37.8 Å². The Hall–Kier alpha value is -1.15. The molecule has 3 N–H and O–H groups in total. The fourth-order valence-electron chi connectivity index (χ4n) is 3.71. The van der Waals surface area contributed by atoms with E-state index < -0.39 is 0 Å². The van der Waals surface area contributed by atoms with E-state index in [0.717, 1.165) is 50.1 Å². The number of hydrogen-bond acceptors (Lipinski definition) is 7. The molecule has 0 radical (unpaired) electrons. The Morgan fingerprint density at radius 1 is 1.33 bits per heavy atom. The molecule has 24 heavy (non-hydrogen) atoms. The van der Waals surface area contributed by atoms with Gasteiger partial charge < -0.3 is 20.7 Å². The lowest BCUT2D eigenvalue weighted by Gasteiger charge is -2.20. The Bertz CT molecular complexity index is 737. The molecule has 1 aliphatic carbocycles. The van der Waals surface area contributed by atoms with Crippen LogP contribution in [-0.2, 0) is 17.6 Å². The molecule has 0 bridgehead atoms. The first kappa shape index (κ1) is 17.7. The Balaban J connectivity index is 0.00000169. The minimum absolute atomic E-state index is 0. The Morgan fingerprint density at radius 2 is 2.17 bits per heavy atom. The summed E-state index contributed by atoms with van der Waals surface area (Å²) < 4.78 is 6.76. The average molecular weight is 370 g/mol.